The monoisotopic (exact) mass is 304 g/mol. The highest BCUT2D eigenvalue weighted by Crippen LogP contribution is 2.15. The Morgan fingerprint density at radius 1 is 1.05 bits per heavy atom. The molecule has 1 heterocycles. The fraction of sp³-hybridized carbons (Fsp3) is 0.0667. The molecule has 0 aliphatic heterocycles. The molecule has 0 spiro atoms. The topological polar surface area (TPSA) is 34.9 Å². The van der Waals surface area contributed by atoms with Crippen molar-refractivity contribution in [1.29, 1.82) is 0 Å². The normalized spacial score (nSPS) is 10.9. The van der Waals surface area contributed by atoms with Gasteiger partial charge >= 0.3 is 0 Å². The highest BCUT2D eigenvalue weighted by Gasteiger charge is 2.05. The molecule has 0 unspecified atom stereocenters. The van der Waals surface area contributed by atoms with Crippen LogP contribution < -0.4 is 5.56 Å². The van der Waals surface area contributed by atoms with E-state index in [1.54, 1.807) is 35.2 Å². The lowest BCUT2D eigenvalue weighted by Crippen LogP contribution is -2.21. The van der Waals surface area contributed by atoms with Crippen molar-refractivity contribution in [3.63, 3.8) is 0 Å². The van der Waals surface area contributed by atoms with Gasteiger partial charge in [-0.15, -0.1) is 0 Å². The second-order valence-electron chi connectivity index (χ2n) is 4.47. The Balaban J connectivity index is 2.08. The van der Waals surface area contributed by atoms with Crippen LogP contribution in [0.1, 0.15) is 5.56 Å². The van der Waals surface area contributed by atoms with Gasteiger partial charge < -0.3 is 0 Å². The van der Waals surface area contributed by atoms with Gasteiger partial charge in [0.15, 0.2) is 0 Å². The third kappa shape index (κ3) is 2.55. The SMILES string of the molecule is O=c1c2cc(Cl)ccc2ncn1Cc1cccc(Cl)c1. The van der Waals surface area contributed by atoms with Crippen LogP contribution in [0.3, 0.4) is 0 Å². The molecule has 0 aliphatic carbocycles. The van der Waals surface area contributed by atoms with Crippen LogP contribution in [-0.4, -0.2) is 9.55 Å². The number of nitrogens with zero attached hydrogens (tertiary/aromatic N) is 2. The standard InChI is InChI=1S/C15H10Cl2N2O/c16-11-3-1-2-10(6-11)8-19-9-18-14-5-4-12(17)7-13(14)15(19)20/h1-7,9H,8H2. The molecule has 100 valence electrons. The van der Waals surface area contributed by atoms with E-state index >= 15 is 0 Å². The van der Waals surface area contributed by atoms with E-state index in [1.165, 1.54) is 0 Å². The van der Waals surface area contributed by atoms with Gasteiger partial charge in [-0.05, 0) is 35.9 Å². The summed E-state index contributed by atoms with van der Waals surface area (Å²) in [5, 5.41) is 1.69. The number of fused-ring (bicyclic) bond motifs is 1. The minimum Gasteiger partial charge on any atom is -0.294 e. The predicted octanol–water partition coefficient (Wildman–Crippen LogP) is 3.75. The summed E-state index contributed by atoms with van der Waals surface area (Å²) in [6.45, 7) is 0.425. The summed E-state index contributed by atoms with van der Waals surface area (Å²) in [6.07, 6.45) is 1.54. The molecule has 20 heavy (non-hydrogen) atoms. The molecule has 0 amide bonds. The van der Waals surface area contributed by atoms with Crippen LogP contribution in [0, 0.1) is 0 Å². The zero-order valence-electron chi connectivity index (χ0n) is 10.4. The number of aromatic nitrogens is 2. The lowest BCUT2D eigenvalue weighted by Gasteiger charge is -2.07. The first-order valence-corrected chi connectivity index (χ1v) is 6.78. The Bertz CT molecular complexity index is 843. The highest BCUT2D eigenvalue weighted by atomic mass is 35.5. The van der Waals surface area contributed by atoms with Crippen LogP contribution in [0.2, 0.25) is 10.0 Å². The molecule has 0 N–H and O–H groups in total. The van der Waals surface area contributed by atoms with E-state index in [0.29, 0.717) is 27.5 Å². The van der Waals surface area contributed by atoms with Gasteiger partial charge in [-0.3, -0.25) is 9.36 Å². The first-order chi connectivity index (χ1) is 9.63. The average molecular weight is 305 g/mol. The first-order valence-electron chi connectivity index (χ1n) is 6.02. The molecule has 1 aromatic heterocycles. The Hall–Kier alpha value is -1.84. The van der Waals surface area contributed by atoms with Gasteiger partial charge in [-0.1, -0.05) is 35.3 Å². The summed E-state index contributed by atoms with van der Waals surface area (Å²) >= 11 is 11.9. The van der Waals surface area contributed by atoms with Crippen molar-refractivity contribution >= 4 is 34.1 Å². The van der Waals surface area contributed by atoms with Crippen molar-refractivity contribution in [3.8, 4) is 0 Å². The van der Waals surface area contributed by atoms with Gasteiger partial charge in [0.1, 0.15) is 0 Å². The minimum atomic E-state index is -0.113. The number of rotatable bonds is 2. The van der Waals surface area contributed by atoms with Gasteiger partial charge in [0, 0.05) is 10.0 Å². The van der Waals surface area contributed by atoms with Crippen molar-refractivity contribution < 1.29 is 0 Å². The van der Waals surface area contributed by atoms with Crippen LogP contribution in [0.5, 0.6) is 0 Å². The number of benzene rings is 2. The number of halogens is 2. The second-order valence-corrected chi connectivity index (χ2v) is 5.34. The molecular formula is C15H10Cl2N2O. The van der Waals surface area contributed by atoms with Crippen molar-refractivity contribution in [2.45, 2.75) is 6.54 Å². The maximum absolute atomic E-state index is 12.4. The van der Waals surface area contributed by atoms with Gasteiger partial charge in [0.2, 0.25) is 0 Å². The molecule has 0 aliphatic rings. The number of hydrogen-bond donors (Lipinski definition) is 0. The average Bonchev–Trinajstić information content (AvgIpc) is 2.43. The Morgan fingerprint density at radius 2 is 1.85 bits per heavy atom. The van der Waals surface area contributed by atoms with Gasteiger partial charge in [-0.2, -0.15) is 0 Å². The molecule has 0 saturated heterocycles. The lowest BCUT2D eigenvalue weighted by atomic mass is 10.2. The summed E-state index contributed by atoms with van der Waals surface area (Å²) in [7, 11) is 0. The molecule has 0 bridgehead atoms. The molecule has 3 rings (SSSR count). The second kappa shape index (κ2) is 5.27. The number of hydrogen-bond acceptors (Lipinski definition) is 2. The summed E-state index contributed by atoms with van der Waals surface area (Å²) in [4.78, 5) is 16.7. The summed E-state index contributed by atoms with van der Waals surface area (Å²) < 4.78 is 1.55. The van der Waals surface area contributed by atoms with Gasteiger partial charge in [-0.25, -0.2) is 4.98 Å². The summed E-state index contributed by atoms with van der Waals surface area (Å²) in [6, 6.07) is 12.5. The van der Waals surface area contributed by atoms with Gasteiger partial charge in [0.05, 0.1) is 23.8 Å². The Kier molecular flexibility index (Phi) is 3.47. The zero-order valence-corrected chi connectivity index (χ0v) is 11.9. The quantitative estimate of drug-likeness (QED) is 0.722. The smallest absolute Gasteiger partial charge is 0.261 e. The first kappa shape index (κ1) is 13.2. The zero-order chi connectivity index (χ0) is 14.1. The van der Waals surface area contributed by atoms with Crippen LogP contribution in [0.4, 0.5) is 0 Å². The molecular weight excluding hydrogens is 295 g/mol. The van der Waals surface area contributed by atoms with Crippen LogP contribution in [0.15, 0.2) is 53.6 Å². The Morgan fingerprint density at radius 3 is 2.65 bits per heavy atom. The molecule has 0 saturated carbocycles. The highest BCUT2D eigenvalue weighted by molar-refractivity contribution is 6.31. The van der Waals surface area contributed by atoms with E-state index in [1.807, 2.05) is 18.2 Å². The van der Waals surface area contributed by atoms with E-state index in [-0.39, 0.29) is 5.56 Å². The van der Waals surface area contributed by atoms with Crippen LogP contribution >= 0.6 is 23.2 Å². The van der Waals surface area contributed by atoms with Crippen molar-refractivity contribution in [1.82, 2.24) is 9.55 Å². The molecule has 0 fully saturated rings. The van der Waals surface area contributed by atoms with E-state index in [2.05, 4.69) is 4.98 Å². The third-order valence-electron chi connectivity index (χ3n) is 3.03. The van der Waals surface area contributed by atoms with Crippen LogP contribution in [-0.2, 0) is 6.54 Å². The molecule has 3 aromatic rings. The maximum Gasteiger partial charge on any atom is 0.261 e. The fourth-order valence-electron chi connectivity index (χ4n) is 2.08. The Labute approximate surface area is 125 Å². The maximum atomic E-state index is 12.4. The molecule has 0 atom stereocenters. The third-order valence-corrected chi connectivity index (χ3v) is 3.50. The van der Waals surface area contributed by atoms with E-state index in [0.717, 1.165) is 5.56 Å². The fourth-order valence-corrected chi connectivity index (χ4v) is 2.46. The molecule has 5 heteroatoms. The summed E-state index contributed by atoms with van der Waals surface area (Å²) in [5.41, 5.74) is 1.47. The predicted molar refractivity (Wildman–Crippen MR) is 81.6 cm³/mol. The molecule has 0 radical (unpaired) electrons. The van der Waals surface area contributed by atoms with Crippen molar-refractivity contribution in [2.24, 2.45) is 0 Å². The molecule has 2 aromatic carbocycles. The largest absolute Gasteiger partial charge is 0.294 e. The molecule has 3 nitrogen and oxygen atoms in total. The van der Waals surface area contributed by atoms with Crippen molar-refractivity contribution in [2.75, 3.05) is 0 Å². The minimum absolute atomic E-state index is 0.113. The lowest BCUT2D eigenvalue weighted by molar-refractivity contribution is 0.748. The van der Waals surface area contributed by atoms with Crippen molar-refractivity contribution in [3.05, 3.63) is 74.8 Å². The van der Waals surface area contributed by atoms with Crippen LogP contribution in [0.25, 0.3) is 10.9 Å². The van der Waals surface area contributed by atoms with E-state index < -0.39 is 0 Å². The van der Waals surface area contributed by atoms with E-state index in [4.69, 9.17) is 23.2 Å². The van der Waals surface area contributed by atoms with E-state index in [9.17, 15) is 4.79 Å². The van der Waals surface area contributed by atoms with Gasteiger partial charge in [0.25, 0.3) is 5.56 Å². The summed E-state index contributed by atoms with van der Waals surface area (Å²) in [5.74, 6) is 0.